The topological polar surface area (TPSA) is 75.4 Å². The Morgan fingerprint density at radius 1 is 1.22 bits per heavy atom. The quantitative estimate of drug-likeness (QED) is 0.562. The van der Waals surface area contributed by atoms with Gasteiger partial charge in [0, 0.05) is 5.69 Å². The van der Waals surface area contributed by atoms with Crippen LogP contribution in [0.25, 0.3) is 0 Å². The lowest BCUT2D eigenvalue weighted by Gasteiger charge is -2.07. The Balaban J connectivity index is 2.25. The Morgan fingerprint density at radius 3 is 2.61 bits per heavy atom. The summed E-state index contributed by atoms with van der Waals surface area (Å²) in [6, 6.07) is 10.0. The third-order valence-corrected chi connectivity index (χ3v) is 2.39. The van der Waals surface area contributed by atoms with Crippen molar-refractivity contribution in [1.29, 1.82) is 0 Å². The molecule has 1 amide bonds. The molecule has 2 aromatic carbocycles. The van der Waals surface area contributed by atoms with Crippen molar-refractivity contribution in [1.82, 2.24) is 0 Å². The number of aromatic hydroxyl groups is 1. The fourth-order valence-corrected chi connectivity index (χ4v) is 1.48. The maximum absolute atomic E-state index is 13.5. The number of carbonyl (C=O) groups is 1. The molecule has 0 saturated carbocycles. The van der Waals surface area contributed by atoms with Crippen molar-refractivity contribution >= 4 is 17.3 Å². The van der Waals surface area contributed by atoms with Crippen LogP contribution in [0.2, 0.25) is 0 Å². The summed E-state index contributed by atoms with van der Waals surface area (Å²) in [5, 5.41) is 11.9. The van der Waals surface area contributed by atoms with E-state index in [-0.39, 0.29) is 22.7 Å². The number of halogens is 1. The minimum Gasteiger partial charge on any atom is -0.506 e. The molecule has 2 rings (SSSR count). The number of hydrogen-bond acceptors (Lipinski definition) is 3. The smallest absolute Gasteiger partial charge is 0.258 e. The van der Waals surface area contributed by atoms with Crippen LogP contribution in [0.1, 0.15) is 10.4 Å². The van der Waals surface area contributed by atoms with E-state index in [4.69, 9.17) is 5.73 Å². The molecule has 92 valence electrons. The van der Waals surface area contributed by atoms with E-state index in [1.165, 1.54) is 24.3 Å². The highest BCUT2D eigenvalue weighted by Gasteiger charge is 2.13. The standard InChI is InChI=1S/C13H11FN2O2/c14-10-7-8(15)5-6-9(10)13(18)16-11-3-1-2-4-12(11)17/h1-7,17H,15H2,(H,16,18). The maximum atomic E-state index is 13.5. The van der Waals surface area contributed by atoms with Crippen LogP contribution in [-0.2, 0) is 0 Å². The number of nitrogens with one attached hydrogen (secondary N) is 1. The van der Waals surface area contributed by atoms with Gasteiger partial charge in [-0.2, -0.15) is 0 Å². The Morgan fingerprint density at radius 2 is 1.94 bits per heavy atom. The summed E-state index contributed by atoms with van der Waals surface area (Å²) in [6.45, 7) is 0. The van der Waals surface area contributed by atoms with Crippen molar-refractivity contribution in [2.24, 2.45) is 0 Å². The van der Waals surface area contributed by atoms with Crippen LogP contribution in [0, 0.1) is 5.82 Å². The normalized spacial score (nSPS) is 10.1. The lowest BCUT2D eigenvalue weighted by molar-refractivity contribution is 0.102. The summed E-state index contributed by atoms with van der Waals surface area (Å²) in [5.74, 6) is -1.43. The van der Waals surface area contributed by atoms with Gasteiger partial charge in [0.1, 0.15) is 11.6 Å². The Hall–Kier alpha value is -2.56. The molecule has 2 aromatic rings. The first-order valence-corrected chi connectivity index (χ1v) is 5.22. The molecule has 0 aliphatic rings. The van der Waals surface area contributed by atoms with E-state index in [0.717, 1.165) is 6.07 Å². The van der Waals surface area contributed by atoms with Gasteiger partial charge in [-0.15, -0.1) is 0 Å². The molecule has 0 atom stereocenters. The second kappa shape index (κ2) is 4.75. The highest BCUT2D eigenvalue weighted by Crippen LogP contribution is 2.22. The van der Waals surface area contributed by atoms with E-state index < -0.39 is 11.7 Å². The van der Waals surface area contributed by atoms with Crippen molar-refractivity contribution < 1.29 is 14.3 Å². The average Bonchev–Trinajstić information content (AvgIpc) is 2.32. The number of nitrogen functional groups attached to an aromatic ring is 1. The third-order valence-electron chi connectivity index (χ3n) is 2.39. The van der Waals surface area contributed by atoms with Gasteiger partial charge < -0.3 is 16.2 Å². The second-order valence-electron chi connectivity index (χ2n) is 3.71. The second-order valence-corrected chi connectivity index (χ2v) is 3.71. The van der Waals surface area contributed by atoms with Crippen molar-refractivity contribution in [3.05, 3.63) is 53.8 Å². The zero-order valence-electron chi connectivity index (χ0n) is 9.35. The van der Waals surface area contributed by atoms with E-state index >= 15 is 0 Å². The summed E-state index contributed by atoms with van der Waals surface area (Å²) in [7, 11) is 0. The minimum absolute atomic E-state index is 0.0818. The lowest BCUT2D eigenvalue weighted by atomic mass is 10.1. The highest BCUT2D eigenvalue weighted by molar-refractivity contribution is 6.05. The molecule has 0 unspecified atom stereocenters. The van der Waals surface area contributed by atoms with Crippen LogP contribution < -0.4 is 11.1 Å². The largest absolute Gasteiger partial charge is 0.506 e. The Labute approximate surface area is 103 Å². The van der Waals surface area contributed by atoms with Gasteiger partial charge in [-0.25, -0.2) is 4.39 Å². The van der Waals surface area contributed by atoms with Gasteiger partial charge in [0.25, 0.3) is 5.91 Å². The first-order valence-electron chi connectivity index (χ1n) is 5.22. The number of hydrogen-bond donors (Lipinski definition) is 3. The molecular formula is C13H11FN2O2. The van der Waals surface area contributed by atoms with Crippen LogP contribution in [0.4, 0.5) is 15.8 Å². The number of benzene rings is 2. The van der Waals surface area contributed by atoms with Gasteiger partial charge in [-0.3, -0.25) is 4.79 Å². The molecular weight excluding hydrogens is 235 g/mol. The Kier molecular flexibility index (Phi) is 3.14. The number of phenols is 1. The predicted molar refractivity (Wildman–Crippen MR) is 66.9 cm³/mol. The SMILES string of the molecule is Nc1ccc(C(=O)Nc2ccccc2O)c(F)c1. The van der Waals surface area contributed by atoms with Gasteiger partial charge in [0.05, 0.1) is 11.3 Å². The van der Waals surface area contributed by atoms with Gasteiger partial charge in [0.2, 0.25) is 0 Å². The molecule has 4 N–H and O–H groups in total. The van der Waals surface area contributed by atoms with E-state index in [2.05, 4.69) is 5.32 Å². The average molecular weight is 246 g/mol. The molecule has 4 nitrogen and oxygen atoms in total. The molecule has 0 spiro atoms. The molecule has 0 bridgehead atoms. The van der Waals surface area contributed by atoms with Crippen molar-refractivity contribution in [3.63, 3.8) is 0 Å². The summed E-state index contributed by atoms with van der Waals surface area (Å²) in [6.07, 6.45) is 0. The summed E-state index contributed by atoms with van der Waals surface area (Å²) in [5.41, 5.74) is 5.72. The van der Waals surface area contributed by atoms with Crippen LogP contribution in [-0.4, -0.2) is 11.0 Å². The fourth-order valence-electron chi connectivity index (χ4n) is 1.48. The van der Waals surface area contributed by atoms with Crippen molar-refractivity contribution in [3.8, 4) is 5.75 Å². The molecule has 5 heteroatoms. The summed E-state index contributed by atoms with van der Waals surface area (Å²) >= 11 is 0. The van der Waals surface area contributed by atoms with Crippen molar-refractivity contribution in [2.45, 2.75) is 0 Å². The number of para-hydroxylation sites is 2. The van der Waals surface area contributed by atoms with Crippen LogP contribution in [0.15, 0.2) is 42.5 Å². The Bertz CT molecular complexity index is 599. The van der Waals surface area contributed by atoms with Gasteiger partial charge in [-0.1, -0.05) is 12.1 Å². The zero-order chi connectivity index (χ0) is 13.1. The number of carbonyl (C=O) groups excluding carboxylic acids is 1. The number of nitrogens with two attached hydrogens (primary N) is 1. The predicted octanol–water partition coefficient (Wildman–Crippen LogP) is 2.37. The molecule has 0 aromatic heterocycles. The number of rotatable bonds is 2. The molecule has 18 heavy (non-hydrogen) atoms. The number of amides is 1. The van der Waals surface area contributed by atoms with E-state index in [9.17, 15) is 14.3 Å². The van der Waals surface area contributed by atoms with Gasteiger partial charge in [-0.05, 0) is 30.3 Å². The highest BCUT2D eigenvalue weighted by atomic mass is 19.1. The first kappa shape index (κ1) is 11.9. The molecule has 0 aliphatic carbocycles. The van der Waals surface area contributed by atoms with Crippen LogP contribution in [0.3, 0.4) is 0 Å². The van der Waals surface area contributed by atoms with Gasteiger partial charge >= 0.3 is 0 Å². The third kappa shape index (κ3) is 2.40. The lowest BCUT2D eigenvalue weighted by Crippen LogP contribution is -2.14. The van der Waals surface area contributed by atoms with E-state index in [1.807, 2.05) is 0 Å². The fraction of sp³-hybridized carbons (Fsp3) is 0. The van der Waals surface area contributed by atoms with Crippen LogP contribution in [0.5, 0.6) is 5.75 Å². The zero-order valence-corrected chi connectivity index (χ0v) is 9.35. The molecule has 0 radical (unpaired) electrons. The van der Waals surface area contributed by atoms with Crippen molar-refractivity contribution in [2.75, 3.05) is 11.1 Å². The number of phenolic OH excluding ortho intramolecular Hbond substituents is 1. The first-order chi connectivity index (χ1) is 8.58. The van der Waals surface area contributed by atoms with Crippen LogP contribution >= 0.6 is 0 Å². The van der Waals surface area contributed by atoms with E-state index in [1.54, 1.807) is 12.1 Å². The summed E-state index contributed by atoms with van der Waals surface area (Å²) in [4.78, 5) is 11.8. The van der Waals surface area contributed by atoms with E-state index in [0.29, 0.717) is 0 Å². The molecule has 0 heterocycles. The molecule has 0 aliphatic heterocycles. The number of anilines is 2. The minimum atomic E-state index is -0.706. The van der Waals surface area contributed by atoms with Gasteiger partial charge in [0.15, 0.2) is 0 Å². The molecule has 0 fully saturated rings. The maximum Gasteiger partial charge on any atom is 0.258 e. The molecule has 0 saturated heterocycles. The summed E-state index contributed by atoms with van der Waals surface area (Å²) < 4.78 is 13.5. The monoisotopic (exact) mass is 246 g/mol.